The smallest absolute Gasteiger partial charge is 0.354 e. The average molecular weight is 498 g/mol. The molecule has 0 bridgehead atoms. The van der Waals surface area contributed by atoms with E-state index in [4.69, 9.17) is 19.3 Å². The van der Waals surface area contributed by atoms with E-state index in [2.05, 4.69) is 14.8 Å². The van der Waals surface area contributed by atoms with Crippen LogP contribution < -0.4 is 19.9 Å². The van der Waals surface area contributed by atoms with E-state index < -0.39 is 15.9 Å². The van der Waals surface area contributed by atoms with Gasteiger partial charge in [-0.05, 0) is 59.7 Å². The van der Waals surface area contributed by atoms with Crippen molar-refractivity contribution >= 4 is 21.6 Å². The summed E-state index contributed by atoms with van der Waals surface area (Å²) in [6, 6.07) is 10.9. The number of anilines is 1. The fraction of sp³-hybridized carbons (Fsp3) is 0.333. The number of methoxy groups -OCH3 is 2. The lowest BCUT2D eigenvalue weighted by Crippen LogP contribution is -2.32. The van der Waals surface area contributed by atoms with Crippen LogP contribution in [0.15, 0.2) is 51.9 Å². The molecule has 11 heteroatoms. The monoisotopic (exact) mass is 497 g/mol. The Kier molecular flexibility index (Phi) is 6.22. The van der Waals surface area contributed by atoms with Crippen LogP contribution in [0.4, 0.5) is 10.5 Å². The summed E-state index contributed by atoms with van der Waals surface area (Å²) in [5, 5.41) is 12.9. The molecule has 184 valence electrons. The molecule has 0 saturated carbocycles. The van der Waals surface area contributed by atoms with Gasteiger partial charge in [0, 0.05) is 12.8 Å². The minimum atomic E-state index is -3.57. The predicted octanol–water partition coefficient (Wildman–Crippen LogP) is 3.39. The van der Waals surface area contributed by atoms with E-state index in [1.165, 1.54) is 16.4 Å². The SMILES string of the molecule is COc1cccc(-c2ccc(NC(=O)N=S(N)(=O)c3cnn4c3OCC(OC)C4)c3c2CCC3)c1. The molecule has 2 aromatic carbocycles. The first-order valence-electron chi connectivity index (χ1n) is 11.3. The van der Waals surface area contributed by atoms with Crippen molar-refractivity contribution in [3.05, 3.63) is 53.7 Å². The second kappa shape index (κ2) is 9.33. The van der Waals surface area contributed by atoms with Gasteiger partial charge < -0.3 is 19.5 Å². The topological polar surface area (TPSA) is 130 Å². The van der Waals surface area contributed by atoms with Gasteiger partial charge in [-0.2, -0.15) is 5.10 Å². The number of urea groups is 1. The van der Waals surface area contributed by atoms with Gasteiger partial charge in [-0.15, -0.1) is 4.36 Å². The van der Waals surface area contributed by atoms with Crippen molar-refractivity contribution in [1.82, 2.24) is 9.78 Å². The fourth-order valence-electron chi connectivity index (χ4n) is 4.59. The summed E-state index contributed by atoms with van der Waals surface area (Å²) in [6.07, 6.45) is 3.86. The Balaban J connectivity index is 1.41. The van der Waals surface area contributed by atoms with Gasteiger partial charge in [0.2, 0.25) is 5.88 Å². The number of fused-ring (bicyclic) bond motifs is 2. The highest BCUT2D eigenvalue weighted by molar-refractivity contribution is 7.91. The Bertz CT molecular complexity index is 1410. The molecule has 2 unspecified atom stereocenters. The number of amides is 2. The van der Waals surface area contributed by atoms with Crippen LogP contribution >= 0.6 is 0 Å². The number of hydrogen-bond acceptors (Lipinski definition) is 6. The van der Waals surface area contributed by atoms with Crippen molar-refractivity contribution in [2.75, 3.05) is 26.1 Å². The van der Waals surface area contributed by atoms with Gasteiger partial charge in [-0.1, -0.05) is 18.2 Å². The molecule has 1 aromatic heterocycles. The largest absolute Gasteiger partial charge is 0.497 e. The van der Waals surface area contributed by atoms with E-state index in [1.54, 1.807) is 14.2 Å². The zero-order valence-electron chi connectivity index (χ0n) is 19.5. The number of aromatic nitrogens is 2. The molecule has 2 amide bonds. The first-order chi connectivity index (χ1) is 16.9. The van der Waals surface area contributed by atoms with Gasteiger partial charge in [0.05, 0.1) is 19.9 Å². The number of carbonyl (C=O) groups is 1. The molecular formula is C24H27N5O5S. The lowest BCUT2D eigenvalue weighted by Gasteiger charge is -2.23. The molecular weight excluding hydrogens is 470 g/mol. The molecule has 1 aliphatic carbocycles. The molecule has 2 aliphatic rings. The number of carbonyl (C=O) groups excluding carboxylic acids is 1. The maximum Gasteiger partial charge on any atom is 0.354 e. The fourth-order valence-corrected chi connectivity index (χ4v) is 5.59. The van der Waals surface area contributed by atoms with Crippen molar-refractivity contribution in [2.24, 2.45) is 9.50 Å². The summed E-state index contributed by atoms with van der Waals surface area (Å²) in [5.74, 6) is 1.03. The number of nitrogens with one attached hydrogen (secondary N) is 1. The van der Waals surface area contributed by atoms with E-state index in [0.717, 1.165) is 41.7 Å². The first kappa shape index (κ1) is 23.3. The van der Waals surface area contributed by atoms with E-state index >= 15 is 0 Å². The van der Waals surface area contributed by atoms with E-state index in [1.807, 2.05) is 36.4 Å². The van der Waals surface area contributed by atoms with E-state index in [0.29, 0.717) is 12.2 Å². The maximum atomic E-state index is 13.2. The molecule has 3 aromatic rings. The third-order valence-electron chi connectivity index (χ3n) is 6.32. The van der Waals surface area contributed by atoms with Gasteiger partial charge in [-0.3, -0.25) is 0 Å². The molecule has 0 saturated heterocycles. The lowest BCUT2D eigenvalue weighted by atomic mass is 9.95. The Morgan fingerprint density at radius 1 is 1.26 bits per heavy atom. The van der Waals surface area contributed by atoms with Gasteiger partial charge in [-0.25, -0.2) is 18.8 Å². The van der Waals surface area contributed by atoms with Crippen LogP contribution in [0.2, 0.25) is 0 Å². The first-order valence-corrected chi connectivity index (χ1v) is 12.8. The minimum Gasteiger partial charge on any atom is -0.497 e. The highest BCUT2D eigenvalue weighted by Gasteiger charge is 2.28. The normalized spacial score (nSPS) is 18.1. The summed E-state index contributed by atoms with van der Waals surface area (Å²) in [4.78, 5) is 12.9. The van der Waals surface area contributed by atoms with E-state index in [9.17, 15) is 9.00 Å². The average Bonchev–Trinajstić information content (AvgIpc) is 3.51. The quantitative estimate of drug-likeness (QED) is 0.556. The zero-order valence-corrected chi connectivity index (χ0v) is 20.3. The van der Waals surface area contributed by atoms with Crippen LogP contribution in [0.1, 0.15) is 17.5 Å². The number of nitrogens with two attached hydrogens (primary N) is 1. The van der Waals surface area contributed by atoms with Gasteiger partial charge in [0.15, 0.2) is 9.92 Å². The number of nitrogens with zero attached hydrogens (tertiary/aromatic N) is 3. The Hall–Kier alpha value is -3.41. The van der Waals surface area contributed by atoms with Crippen molar-refractivity contribution in [2.45, 2.75) is 36.8 Å². The molecule has 0 spiro atoms. The Morgan fingerprint density at radius 3 is 2.89 bits per heavy atom. The number of ether oxygens (including phenoxy) is 3. The summed E-state index contributed by atoms with van der Waals surface area (Å²) in [5.41, 5.74) is 5.03. The van der Waals surface area contributed by atoms with Crippen molar-refractivity contribution in [3.63, 3.8) is 0 Å². The van der Waals surface area contributed by atoms with Crippen LogP contribution in [-0.2, 0) is 34.0 Å². The van der Waals surface area contributed by atoms with Crippen LogP contribution in [0.25, 0.3) is 11.1 Å². The van der Waals surface area contributed by atoms with Crippen molar-refractivity contribution in [3.8, 4) is 22.8 Å². The second-order valence-electron chi connectivity index (χ2n) is 8.46. The van der Waals surface area contributed by atoms with E-state index in [-0.39, 0.29) is 23.5 Å². The number of rotatable bonds is 5. The standard InChI is InChI=1S/C24H27N5O5S/c1-32-16-6-3-5-15(11-16)18-9-10-21(20-8-4-7-19(18)20)27-24(30)28-35(25,31)22-12-26-29-13-17(33-2)14-34-23(22)29/h3,5-6,9-12,17H,4,7-8,13-14H2,1-2H3,(H3,25,27,28,30,31). The highest BCUT2D eigenvalue weighted by Crippen LogP contribution is 2.38. The molecule has 0 radical (unpaired) electrons. The van der Waals surface area contributed by atoms with Crippen LogP contribution in [0.3, 0.4) is 0 Å². The lowest BCUT2D eigenvalue weighted by molar-refractivity contribution is 0.0165. The number of benzene rings is 2. The predicted molar refractivity (Wildman–Crippen MR) is 131 cm³/mol. The summed E-state index contributed by atoms with van der Waals surface area (Å²) in [6.45, 7) is 0.696. The van der Waals surface area contributed by atoms with Crippen LogP contribution in [0, 0.1) is 0 Å². The van der Waals surface area contributed by atoms with Crippen molar-refractivity contribution in [1.29, 1.82) is 0 Å². The zero-order chi connectivity index (χ0) is 24.6. The maximum absolute atomic E-state index is 13.2. The molecule has 0 fully saturated rings. The van der Waals surface area contributed by atoms with Crippen LogP contribution in [-0.4, -0.2) is 47.0 Å². The summed E-state index contributed by atoms with van der Waals surface area (Å²) < 4.78 is 34.8. The number of hydrogen-bond donors (Lipinski definition) is 2. The summed E-state index contributed by atoms with van der Waals surface area (Å²) in [7, 11) is -0.354. The van der Waals surface area contributed by atoms with Gasteiger partial charge in [0.25, 0.3) is 0 Å². The van der Waals surface area contributed by atoms with Crippen LogP contribution in [0.5, 0.6) is 11.6 Å². The second-order valence-corrected chi connectivity index (χ2v) is 10.2. The molecule has 3 N–H and O–H groups in total. The van der Waals surface area contributed by atoms with Gasteiger partial charge >= 0.3 is 6.03 Å². The molecule has 1 aliphatic heterocycles. The van der Waals surface area contributed by atoms with Gasteiger partial charge in [0.1, 0.15) is 23.4 Å². The minimum absolute atomic E-state index is 0.0841. The Labute approximate surface area is 203 Å². The molecule has 10 nitrogen and oxygen atoms in total. The Morgan fingerprint density at radius 2 is 2.09 bits per heavy atom. The summed E-state index contributed by atoms with van der Waals surface area (Å²) >= 11 is 0. The van der Waals surface area contributed by atoms with Crippen molar-refractivity contribution < 1.29 is 23.2 Å². The third kappa shape index (κ3) is 4.49. The molecule has 2 heterocycles. The molecule has 5 rings (SSSR count). The highest BCUT2D eigenvalue weighted by atomic mass is 32.2. The molecule has 35 heavy (non-hydrogen) atoms. The molecule has 2 atom stereocenters. The third-order valence-corrected chi connectivity index (χ3v) is 7.66.